The predicted octanol–water partition coefficient (Wildman–Crippen LogP) is 6.29. The number of imidazole rings is 1. The van der Waals surface area contributed by atoms with E-state index in [-0.39, 0.29) is 42.0 Å². The van der Waals surface area contributed by atoms with Gasteiger partial charge in [-0.1, -0.05) is 61.7 Å². The topological polar surface area (TPSA) is 83.8 Å². The van der Waals surface area contributed by atoms with E-state index in [1.54, 1.807) is 35.9 Å². The van der Waals surface area contributed by atoms with Crippen molar-refractivity contribution in [2.75, 3.05) is 21.0 Å². The number of amides is 1. The molecule has 0 saturated heterocycles. The molecule has 2 heterocycles. The fourth-order valence-electron chi connectivity index (χ4n) is 6.24. The van der Waals surface area contributed by atoms with E-state index in [2.05, 4.69) is 5.32 Å². The average Bonchev–Trinajstić information content (AvgIpc) is 3.72. The summed E-state index contributed by atoms with van der Waals surface area (Å²) in [4.78, 5) is 19.3. The molecule has 2 unspecified atom stereocenters. The van der Waals surface area contributed by atoms with Crippen molar-refractivity contribution in [1.82, 2.24) is 14.9 Å². The fraction of sp³-hybridized carbons (Fsp3) is 0.353. The first-order valence-corrected chi connectivity index (χ1v) is 14.8. The van der Waals surface area contributed by atoms with Crippen LogP contribution in [-0.2, 0) is 31.0 Å². The van der Waals surface area contributed by atoms with E-state index in [0.29, 0.717) is 17.1 Å². The van der Waals surface area contributed by atoms with Crippen LogP contribution in [0.15, 0.2) is 78.8 Å². The number of nitrogens with one attached hydrogen (secondary N) is 1. The quantitative estimate of drug-likeness (QED) is 0.229. The average molecular weight is 604 g/mol. The van der Waals surface area contributed by atoms with Crippen molar-refractivity contribution in [2.24, 2.45) is 0 Å². The second-order valence-corrected chi connectivity index (χ2v) is 11.2. The lowest BCUT2D eigenvalue weighted by Crippen LogP contribution is -2.44. The Hall–Kier alpha value is -4.44. The Morgan fingerprint density at radius 2 is 1.77 bits per heavy atom. The summed E-state index contributed by atoms with van der Waals surface area (Å²) in [5.74, 6) is -1.23. The van der Waals surface area contributed by atoms with Gasteiger partial charge in [-0.25, -0.2) is 13.8 Å². The molecule has 1 aromatic heterocycles. The molecule has 0 radical (unpaired) electrons. The first-order chi connectivity index (χ1) is 21.4. The smallest absolute Gasteiger partial charge is 0.247 e. The third-order valence-electron chi connectivity index (χ3n) is 8.50. The van der Waals surface area contributed by atoms with Crippen LogP contribution in [0.5, 0.6) is 5.75 Å². The second-order valence-electron chi connectivity index (χ2n) is 11.2. The van der Waals surface area contributed by atoms with Gasteiger partial charge in [0.25, 0.3) is 0 Å². The van der Waals surface area contributed by atoms with Gasteiger partial charge >= 0.3 is 0 Å². The van der Waals surface area contributed by atoms with Crippen molar-refractivity contribution < 1.29 is 32.5 Å². The molecule has 0 bridgehead atoms. The Bertz CT molecular complexity index is 1650. The number of methoxy groups -OCH3 is 2. The Morgan fingerprint density at radius 1 is 1.05 bits per heavy atom. The highest BCUT2D eigenvalue weighted by Crippen LogP contribution is 2.42. The van der Waals surface area contributed by atoms with Gasteiger partial charge in [-0.05, 0) is 36.1 Å². The Balaban J connectivity index is 1.61. The number of carbonyl (C=O) groups is 1. The van der Waals surface area contributed by atoms with Crippen molar-refractivity contribution in [3.8, 4) is 5.75 Å². The number of hydrogen-bond donors (Lipinski definition) is 1. The van der Waals surface area contributed by atoms with Crippen LogP contribution in [0, 0.1) is 11.6 Å². The zero-order valence-corrected chi connectivity index (χ0v) is 24.7. The second kappa shape index (κ2) is 12.7. The highest BCUT2D eigenvalue weighted by Gasteiger charge is 2.47. The van der Waals surface area contributed by atoms with Gasteiger partial charge in [0.1, 0.15) is 18.1 Å². The molecule has 1 aliphatic heterocycles. The molecule has 2 atom stereocenters. The molecular formula is C34H35F2N3O5. The minimum absolute atomic E-state index is 0.00445. The molecule has 1 aliphatic carbocycles. The van der Waals surface area contributed by atoms with E-state index in [9.17, 15) is 13.6 Å². The molecule has 2 aliphatic rings. The maximum atomic E-state index is 15.0. The molecule has 8 nitrogen and oxygen atoms in total. The van der Waals surface area contributed by atoms with Gasteiger partial charge in [-0.3, -0.25) is 4.79 Å². The normalized spacial score (nSPS) is 17.3. The summed E-state index contributed by atoms with van der Waals surface area (Å²) in [5.41, 5.74) is 0.449. The summed E-state index contributed by atoms with van der Waals surface area (Å²) in [6.07, 6.45) is 6.60. The van der Waals surface area contributed by atoms with Crippen LogP contribution in [0.4, 0.5) is 8.78 Å². The zero-order chi connectivity index (χ0) is 30.7. The molecule has 1 amide bonds. The Kier molecular flexibility index (Phi) is 8.52. The van der Waals surface area contributed by atoms with E-state index in [1.165, 1.54) is 13.4 Å². The number of carbonyl (C=O) groups excluding carboxylic acids is 1. The summed E-state index contributed by atoms with van der Waals surface area (Å²) < 4.78 is 54.4. The first-order valence-electron chi connectivity index (χ1n) is 14.8. The van der Waals surface area contributed by atoms with Crippen LogP contribution in [0.2, 0.25) is 0 Å². The maximum absolute atomic E-state index is 15.0. The zero-order valence-electron chi connectivity index (χ0n) is 24.7. The summed E-state index contributed by atoms with van der Waals surface area (Å²) in [7, 11) is 3.08. The lowest BCUT2D eigenvalue weighted by molar-refractivity contribution is -0.124. The molecule has 1 N–H and O–H groups in total. The highest BCUT2D eigenvalue weighted by molar-refractivity contribution is 5.87. The third kappa shape index (κ3) is 5.61. The summed E-state index contributed by atoms with van der Waals surface area (Å²) in [6, 6.07) is 17.8. The van der Waals surface area contributed by atoms with E-state index in [0.717, 1.165) is 49.8 Å². The van der Waals surface area contributed by atoms with Gasteiger partial charge in [0.2, 0.25) is 12.7 Å². The van der Waals surface area contributed by atoms with Gasteiger partial charge < -0.3 is 28.8 Å². The number of aromatic nitrogens is 2. The van der Waals surface area contributed by atoms with Crippen LogP contribution >= 0.6 is 0 Å². The lowest BCUT2D eigenvalue weighted by Gasteiger charge is -2.34. The van der Waals surface area contributed by atoms with Gasteiger partial charge in [-0.2, -0.15) is 0 Å². The number of nitrogens with zero attached hydrogens (tertiary/aromatic N) is 2. The summed E-state index contributed by atoms with van der Waals surface area (Å²) in [5, 5.41) is 3.24. The molecule has 0 spiro atoms. The molecule has 10 heteroatoms. The maximum Gasteiger partial charge on any atom is 0.247 e. The number of benzene rings is 3. The highest BCUT2D eigenvalue weighted by atomic mass is 19.2. The first kappa shape index (κ1) is 29.6. The molecule has 230 valence electrons. The Labute approximate surface area is 254 Å². The van der Waals surface area contributed by atoms with Crippen molar-refractivity contribution in [2.45, 2.75) is 56.2 Å². The minimum Gasteiger partial charge on any atom is -0.497 e. The van der Waals surface area contributed by atoms with E-state index in [1.807, 2.05) is 30.3 Å². The molecule has 6 rings (SSSR count). The third-order valence-corrected chi connectivity index (χ3v) is 8.50. The van der Waals surface area contributed by atoms with Crippen LogP contribution in [-0.4, -0.2) is 42.5 Å². The van der Waals surface area contributed by atoms with Gasteiger partial charge in [0.05, 0.1) is 18.1 Å². The van der Waals surface area contributed by atoms with E-state index in [4.69, 9.17) is 23.9 Å². The number of hydrogen-bond acceptors (Lipinski definition) is 6. The fourth-order valence-corrected chi connectivity index (χ4v) is 6.24. The van der Waals surface area contributed by atoms with Crippen molar-refractivity contribution in [3.63, 3.8) is 0 Å². The molecule has 3 aromatic carbocycles. The van der Waals surface area contributed by atoms with Crippen molar-refractivity contribution in [3.05, 3.63) is 107 Å². The number of rotatable bonds is 10. The minimum atomic E-state index is -1.43. The number of fused-ring (bicyclic) bond motifs is 1. The van der Waals surface area contributed by atoms with Crippen molar-refractivity contribution in [1.29, 1.82) is 0 Å². The van der Waals surface area contributed by atoms with Crippen LogP contribution in [0.1, 0.15) is 55.1 Å². The molecule has 1 saturated carbocycles. The molecule has 44 heavy (non-hydrogen) atoms. The predicted molar refractivity (Wildman–Crippen MR) is 160 cm³/mol. The summed E-state index contributed by atoms with van der Waals surface area (Å²) in [6.45, 7) is -0.0389. The summed E-state index contributed by atoms with van der Waals surface area (Å²) >= 11 is 0. The van der Waals surface area contributed by atoms with Gasteiger partial charge in [0, 0.05) is 31.7 Å². The number of halogens is 2. The molecule has 1 fully saturated rings. The monoisotopic (exact) mass is 603 g/mol. The standard InChI is InChI=1S/C34H35F2N3O5/c1-41-25-15-13-23(14-16-25)31(32(40)37-24-11-7-4-8-12-24)39-29-18-27(36)26(35)17-28(29)38-33(39)34(42-2,30-20-43-21-44-30)19-22-9-5-3-6-10-22/h3,5-6,9-10,13-18,20,24,31H,4,7-8,11-12,19,21H2,1-2H3,(H,37,40). The van der Waals surface area contributed by atoms with Crippen LogP contribution in [0.3, 0.4) is 0 Å². The van der Waals surface area contributed by atoms with Gasteiger partial charge in [0.15, 0.2) is 28.8 Å². The van der Waals surface area contributed by atoms with E-state index < -0.39 is 23.3 Å². The SMILES string of the molecule is COc1ccc(C(C(=O)NC2CCCCC2)n2c(C(Cc3ccccc3)(OC)C3=COCO3)nc3cc(F)c(F)cc32)cc1. The molecule has 4 aromatic rings. The van der Waals surface area contributed by atoms with Crippen molar-refractivity contribution >= 4 is 16.9 Å². The lowest BCUT2D eigenvalue weighted by atomic mass is 9.90. The van der Waals surface area contributed by atoms with Gasteiger partial charge in [-0.15, -0.1) is 0 Å². The van der Waals surface area contributed by atoms with E-state index >= 15 is 0 Å². The van der Waals surface area contributed by atoms with Crippen LogP contribution in [0.25, 0.3) is 11.0 Å². The molecular weight excluding hydrogens is 568 g/mol. The largest absolute Gasteiger partial charge is 0.497 e. The number of ether oxygens (including phenoxy) is 4. The van der Waals surface area contributed by atoms with Crippen LogP contribution < -0.4 is 10.1 Å². The Morgan fingerprint density at radius 3 is 2.43 bits per heavy atom.